The van der Waals surface area contributed by atoms with Gasteiger partial charge in [-0.2, -0.15) is 0 Å². The van der Waals surface area contributed by atoms with E-state index in [1.54, 1.807) is 74.9 Å². The molecule has 146 valence electrons. The maximum Gasteiger partial charge on any atom is 0.336 e. The number of hydrogen-bond donors (Lipinski definition) is 0. The second-order valence-electron chi connectivity index (χ2n) is 6.09. The Balaban J connectivity index is 1.64. The van der Waals surface area contributed by atoms with E-state index < -0.39 is 5.97 Å². The molecular formula is C24H20O5. The van der Waals surface area contributed by atoms with Crippen molar-refractivity contribution in [2.75, 3.05) is 14.2 Å². The van der Waals surface area contributed by atoms with Crippen LogP contribution in [0.25, 0.3) is 6.08 Å². The number of methoxy groups -OCH3 is 2. The highest BCUT2D eigenvalue weighted by Crippen LogP contribution is 2.28. The molecule has 0 unspecified atom stereocenters. The van der Waals surface area contributed by atoms with Crippen molar-refractivity contribution < 1.29 is 23.8 Å². The predicted octanol–water partition coefficient (Wildman–Crippen LogP) is 4.55. The zero-order valence-corrected chi connectivity index (χ0v) is 16.1. The molecule has 0 aromatic heterocycles. The van der Waals surface area contributed by atoms with Crippen LogP contribution in [0.15, 0.2) is 78.9 Å². The van der Waals surface area contributed by atoms with E-state index in [1.807, 2.05) is 18.2 Å². The molecule has 0 saturated carbocycles. The first-order valence-electron chi connectivity index (χ1n) is 8.92. The van der Waals surface area contributed by atoms with Crippen LogP contribution in [-0.4, -0.2) is 26.0 Å². The molecule has 0 bridgehead atoms. The lowest BCUT2D eigenvalue weighted by atomic mass is 10.0. The monoisotopic (exact) mass is 388 g/mol. The molecule has 0 amide bonds. The number of benzene rings is 3. The highest BCUT2D eigenvalue weighted by atomic mass is 16.5. The first kappa shape index (κ1) is 19.9. The van der Waals surface area contributed by atoms with Crippen molar-refractivity contribution in [3.8, 4) is 17.2 Å². The van der Waals surface area contributed by atoms with E-state index in [2.05, 4.69) is 0 Å². The summed E-state index contributed by atoms with van der Waals surface area (Å²) < 4.78 is 15.7. The quantitative estimate of drug-likeness (QED) is 0.257. The van der Waals surface area contributed by atoms with Crippen molar-refractivity contribution >= 4 is 17.8 Å². The number of ether oxygens (including phenoxy) is 3. The van der Waals surface area contributed by atoms with E-state index in [4.69, 9.17) is 14.2 Å². The summed E-state index contributed by atoms with van der Waals surface area (Å²) in [5.41, 5.74) is 1.90. The average molecular weight is 388 g/mol. The molecule has 0 aliphatic heterocycles. The summed E-state index contributed by atoms with van der Waals surface area (Å²) in [5.74, 6) is 0.925. The standard InChI is InChI=1S/C24H20O5/c1-27-21-14-8-17(16-22(21)28-2)9-15-23(25)29-20-12-10-19(11-13-20)24(26)18-6-4-3-5-7-18/h3-16H,1-2H3. The van der Waals surface area contributed by atoms with Gasteiger partial charge in [0, 0.05) is 17.2 Å². The third-order valence-corrected chi connectivity index (χ3v) is 4.19. The Morgan fingerprint density at radius 2 is 1.41 bits per heavy atom. The van der Waals surface area contributed by atoms with Gasteiger partial charge < -0.3 is 14.2 Å². The Labute approximate surface area is 169 Å². The van der Waals surface area contributed by atoms with Crippen molar-refractivity contribution in [1.82, 2.24) is 0 Å². The molecule has 3 rings (SSSR count). The van der Waals surface area contributed by atoms with Gasteiger partial charge in [0.25, 0.3) is 0 Å². The molecule has 0 N–H and O–H groups in total. The largest absolute Gasteiger partial charge is 0.493 e. The topological polar surface area (TPSA) is 61.8 Å². The smallest absolute Gasteiger partial charge is 0.336 e. The molecular weight excluding hydrogens is 368 g/mol. The van der Waals surface area contributed by atoms with Gasteiger partial charge in [0.2, 0.25) is 0 Å². The predicted molar refractivity (Wildman–Crippen MR) is 111 cm³/mol. The van der Waals surface area contributed by atoms with Crippen LogP contribution in [-0.2, 0) is 4.79 Å². The number of ketones is 1. The zero-order valence-electron chi connectivity index (χ0n) is 16.1. The van der Waals surface area contributed by atoms with E-state index in [1.165, 1.54) is 6.08 Å². The number of carbonyl (C=O) groups is 2. The number of esters is 1. The molecule has 0 heterocycles. The van der Waals surface area contributed by atoms with Gasteiger partial charge >= 0.3 is 5.97 Å². The van der Waals surface area contributed by atoms with Crippen molar-refractivity contribution in [3.63, 3.8) is 0 Å². The van der Waals surface area contributed by atoms with E-state index in [0.717, 1.165) is 5.56 Å². The summed E-state index contributed by atoms with van der Waals surface area (Å²) in [6.45, 7) is 0. The SMILES string of the molecule is COc1ccc(C=CC(=O)Oc2ccc(C(=O)c3ccccc3)cc2)cc1OC. The molecule has 5 nitrogen and oxygen atoms in total. The Hall–Kier alpha value is -3.86. The minimum absolute atomic E-state index is 0.0863. The van der Waals surface area contributed by atoms with Crippen LogP contribution in [0.5, 0.6) is 17.2 Å². The lowest BCUT2D eigenvalue weighted by Crippen LogP contribution is -2.05. The Bertz CT molecular complexity index is 1020. The maximum absolute atomic E-state index is 12.4. The lowest BCUT2D eigenvalue weighted by Gasteiger charge is -2.07. The average Bonchev–Trinajstić information content (AvgIpc) is 2.78. The van der Waals surface area contributed by atoms with Gasteiger partial charge in [-0.3, -0.25) is 4.79 Å². The van der Waals surface area contributed by atoms with Gasteiger partial charge in [-0.15, -0.1) is 0 Å². The maximum atomic E-state index is 12.4. The van der Waals surface area contributed by atoms with Crippen LogP contribution < -0.4 is 14.2 Å². The molecule has 0 aliphatic rings. The Morgan fingerprint density at radius 1 is 0.759 bits per heavy atom. The normalized spacial score (nSPS) is 10.6. The molecule has 0 aliphatic carbocycles. The van der Waals surface area contributed by atoms with Crippen molar-refractivity contribution in [3.05, 3.63) is 95.6 Å². The number of carbonyl (C=O) groups excluding carboxylic acids is 2. The zero-order chi connectivity index (χ0) is 20.6. The molecule has 29 heavy (non-hydrogen) atoms. The van der Waals surface area contributed by atoms with E-state index in [-0.39, 0.29) is 5.78 Å². The van der Waals surface area contributed by atoms with E-state index in [0.29, 0.717) is 28.4 Å². The second kappa shape index (κ2) is 9.37. The summed E-state index contributed by atoms with van der Waals surface area (Å²) in [5, 5.41) is 0. The molecule has 0 atom stereocenters. The number of rotatable bonds is 7. The van der Waals surface area contributed by atoms with Crippen LogP contribution in [0.3, 0.4) is 0 Å². The third-order valence-electron chi connectivity index (χ3n) is 4.19. The minimum atomic E-state index is -0.526. The van der Waals surface area contributed by atoms with Crippen molar-refractivity contribution in [2.24, 2.45) is 0 Å². The van der Waals surface area contributed by atoms with E-state index >= 15 is 0 Å². The van der Waals surface area contributed by atoms with Gasteiger partial charge in [0.05, 0.1) is 14.2 Å². The Kier molecular flexibility index (Phi) is 6.43. The molecule has 0 spiro atoms. The molecule has 0 saturated heterocycles. The fraction of sp³-hybridized carbons (Fsp3) is 0.0833. The molecule has 3 aromatic carbocycles. The number of hydrogen-bond acceptors (Lipinski definition) is 5. The van der Waals surface area contributed by atoms with Gasteiger partial charge in [-0.1, -0.05) is 36.4 Å². The van der Waals surface area contributed by atoms with Gasteiger partial charge in [-0.25, -0.2) is 4.79 Å². The van der Waals surface area contributed by atoms with Crippen LogP contribution in [0.1, 0.15) is 21.5 Å². The lowest BCUT2D eigenvalue weighted by molar-refractivity contribution is -0.128. The third kappa shape index (κ3) is 5.11. The molecule has 0 fully saturated rings. The molecule has 3 aromatic rings. The fourth-order valence-electron chi connectivity index (χ4n) is 2.70. The summed E-state index contributed by atoms with van der Waals surface area (Å²) in [6, 6.07) is 20.8. The highest BCUT2D eigenvalue weighted by Gasteiger charge is 2.09. The first-order chi connectivity index (χ1) is 14.1. The van der Waals surface area contributed by atoms with Crippen LogP contribution >= 0.6 is 0 Å². The highest BCUT2D eigenvalue weighted by molar-refractivity contribution is 6.09. The first-order valence-corrected chi connectivity index (χ1v) is 8.92. The summed E-state index contributed by atoms with van der Waals surface area (Å²) in [7, 11) is 3.11. The van der Waals surface area contributed by atoms with Crippen LogP contribution in [0, 0.1) is 0 Å². The van der Waals surface area contributed by atoms with Gasteiger partial charge in [0.1, 0.15) is 5.75 Å². The van der Waals surface area contributed by atoms with Gasteiger partial charge in [0.15, 0.2) is 17.3 Å². The van der Waals surface area contributed by atoms with E-state index in [9.17, 15) is 9.59 Å². The van der Waals surface area contributed by atoms with Gasteiger partial charge in [-0.05, 0) is 48.0 Å². The minimum Gasteiger partial charge on any atom is -0.493 e. The Morgan fingerprint density at radius 3 is 2.07 bits per heavy atom. The van der Waals surface area contributed by atoms with Crippen LogP contribution in [0.4, 0.5) is 0 Å². The summed E-state index contributed by atoms with van der Waals surface area (Å²) >= 11 is 0. The van der Waals surface area contributed by atoms with Crippen molar-refractivity contribution in [2.45, 2.75) is 0 Å². The second-order valence-corrected chi connectivity index (χ2v) is 6.09. The van der Waals surface area contributed by atoms with Crippen LogP contribution in [0.2, 0.25) is 0 Å². The summed E-state index contributed by atoms with van der Waals surface area (Å²) in [6.07, 6.45) is 2.95. The molecule has 5 heteroatoms. The fourth-order valence-corrected chi connectivity index (χ4v) is 2.70. The molecule has 0 radical (unpaired) electrons. The summed E-state index contributed by atoms with van der Waals surface area (Å²) in [4.78, 5) is 24.5. The van der Waals surface area contributed by atoms with Crippen molar-refractivity contribution in [1.29, 1.82) is 0 Å².